The van der Waals surface area contributed by atoms with Crippen molar-refractivity contribution >= 4 is 43.5 Å². The van der Waals surface area contributed by atoms with E-state index in [0.29, 0.717) is 31.0 Å². The second kappa shape index (κ2) is 16.3. The molecule has 8 nitrogen and oxygen atoms in total. The zero-order chi connectivity index (χ0) is 30.5. The molecular formula is C32H40BrN3O5S. The molecule has 0 aliphatic rings. The van der Waals surface area contributed by atoms with Crippen molar-refractivity contribution < 1.29 is 22.7 Å². The number of nitrogens with one attached hydrogen (secondary N) is 1. The minimum absolute atomic E-state index is 0.0612. The first kappa shape index (κ1) is 33.1. The molecule has 42 heavy (non-hydrogen) atoms. The first-order valence-corrected chi connectivity index (χ1v) is 16.8. The van der Waals surface area contributed by atoms with Gasteiger partial charge < -0.3 is 15.0 Å². The third-order valence-corrected chi connectivity index (χ3v) is 8.38. The predicted octanol–water partition coefficient (Wildman–Crippen LogP) is 5.56. The first-order chi connectivity index (χ1) is 20.1. The number of sulfonamides is 1. The highest BCUT2D eigenvalue weighted by Crippen LogP contribution is 2.30. The van der Waals surface area contributed by atoms with Gasteiger partial charge >= 0.3 is 0 Å². The van der Waals surface area contributed by atoms with E-state index in [9.17, 15) is 18.0 Å². The number of hydrogen-bond donors (Lipinski definition) is 1. The number of nitrogens with zero attached hydrogens (tertiary/aromatic N) is 2. The quantitative estimate of drug-likeness (QED) is 0.218. The number of benzene rings is 3. The van der Waals surface area contributed by atoms with Gasteiger partial charge in [0, 0.05) is 36.9 Å². The maximum absolute atomic E-state index is 13.9. The summed E-state index contributed by atoms with van der Waals surface area (Å²) in [6.07, 6.45) is 2.60. The van der Waals surface area contributed by atoms with Crippen molar-refractivity contribution in [3.05, 3.63) is 94.5 Å². The zero-order valence-corrected chi connectivity index (χ0v) is 26.9. The number of ether oxygens (including phenoxy) is 1. The van der Waals surface area contributed by atoms with Gasteiger partial charge in [-0.2, -0.15) is 0 Å². The van der Waals surface area contributed by atoms with Crippen LogP contribution in [0.5, 0.6) is 5.75 Å². The lowest BCUT2D eigenvalue weighted by Crippen LogP contribution is -2.50. The third-order valence-electron chi connectivity index (χ3n) is 6.67. The van der Waals surface area contributed by atoms with Crippen molar-refractivity contribution in [1.82, 2.24) is 10.2 Å². The van der Waals surface area contributed by atoms with Crippen LogP contribution in [0.3, 0.4) is 0 Å². The number of carbonyl (C=O) groups is 2. The molecular weight excluding hydrogens is 618 g/mol. The summed E-state index contributed by atoms with van der Waals surface area (Å²) in [6, 6.07) is 23.5. The average Bonchev–Trinajstić information content (AvgIpc) is 2.97. The highest BCUT2D eigenvalue weighted by atomic mass is 79.9. The summed E-state index contributed by atoms with van der Waals surface area (Å²) in [6.45, 7) is 5.05. The van der Waals surface area contributed by atoms with E-state index in [-0.39, 0.29) is 37.7 Å². The Kier molecular flexibility index (Phi) is 12.9. The first-order valence-electron chi connectivity index (χ1n) is 14.2. The van der Waals surface area contributed by atoms with Gasteiger partial charge in [0.15, 0.2) is 0 Å². The smallest absolute Gasteiger partial charge is 0.243 e. The molecule has 0 aromatic heterocycles. The van der Waals surface area contributed by atoms with E-state index in [1.165, 1.54) is 4.31 Å². The number of hydrogen-bond acceptors (Lipinski definition) is 5. The molecule has 3 rings (SSSR count). The Morgan fingerprint density at radius 2 is 1.60 bits per heavy atom. The van der Waals surface area contributed by atoms with Crippen molar-refractivity contribution in [3.63, 3.8) is 0 Å². The molecule has 0 spiro atoms. The molecule has 226 valence electrons. The summed E-state index contributed by atoms with van der Waals surface area (Å²) in [5.74, 6) is 0.0238. The molecule has 0 aliphatic heterocycles. The second-order valence-corrected chi connectivity index (χ2v) is 12.8. The molecule has 0 heterocycles. The lowest BCUT2D eigenvalue weighted by molar-refractivity contribution is -0.141. The van der Waals surface area contributed by atoms with Gasteiger partial charge in [0.25, 0.3) is 0 Å². The minimum Gasteiger partial charge on any atom is -0.492 e. The van der Waals surface area contributed by atoms with Crippen LogP contribution in [0.15, 0.2) is 83.3 Å². The Morgan fingerprint density at radius 3 is 2.24 bits per heavy atom. The van der Waals surface area contributed by atoms with Gasteiger partial charge in [-0.25, -0.2) is 8.42 Å². The summed E-state index contributed by atoms with van der Waals surface area (Å²) in [7, 11) is -3.65. The number of amides is 2. The van der Waals surface area contributed by atoms with Gasteiger partial charge in [0.2, 0.25) is 21.8 Å². The Labute approximate surface area is 258 Å². The molecule has 0 saturated carbocycles. The van der Waals surface area contributed by atoms with Gasteiger partial charge in [-0.3, -0.25) is 13.9 Å². The van der Waals surface area contributed by atoms with Crippen LogP contribution in [0.2, 0.25) is 0 Å². The molecule has 0 aliphatic carbocycles. The molecule has 0 bridgehead atoms. The number of carbonyl (C=O) groups excluding carboxylic acids is 2. The van der Waals surface area contributed by atoms with Gasteiger partial charge in [-0.15, -0.1) is 0 Å². The van der Waals surface area contributed by atoms with Crippen LogP contribution < -0.4 is 14.4 Å². The average molecular weight is 659 g/mol. The Balaban J connectivity index is 1.88. The second-order valence-electron chi connectivity index (χ2n) is 9.98. The summed E-state index contributed by atoms with van der Waals surface area (Å²) < 4.78 is 33.4. The molecule has 1 unspecified atom stereocenters. The molecule has 10 heteroatoms. The number of rotatable bonds is 16. The monoisotopic (exact) mass is 657 g/mol. The number of halogens is 1. The molecule has 0 saturated heterocycles. The van der Waals surface area contributed by atoms with Crippen LogP contribution in [0.1, 0.15) is 44.2 Å². The summed E-state index contributed by atoms with van der Waals surface area (Å²) in [4.78, 5) is 29.0. The molecule has 0 fully saturated rings. The Hall–Kier alpha value is -3.37. The largest absolute Gasteiger partial charge is 0.492 e. The highest BCUT2D eigenvalue weighted by Gasteiger charge is 2.30. The summed E-state index contributed by atoms with van der Waals surface area (Å²) in [5, 5.41) is 2.98. The SMILES string of the molecule is CCCNC(=O)C(Cc1ccccc1)N(Cc1ccc(Br)cc1)C(=O)CCCN(c1ccccc1OCC)S(C)(=O)=O. The standard InChI is InChI=1S/C32H40BrN3O5S/c1-4-21-34-32(38)29(23-25-12-7-6-8-13-25)35(24-26-17-19-27(33)20-18-26)31(37)16-11-22-36(42(3,39)40)28-14-9-10-15-30(28)41-5-2/h6-10,12-15,17-20,29H,4-5,11,16,21-24H2,1-3H3,(H,34,38). The van der Waals surface area contributed by atoms with Gasteiger partial charge in [-0.1, -0.05) is 77.5 Å². The molecule has 3 aromatic carbocycles. The fourth-order valence-corrected chi connectivity index (χ4v) is 5.86. The van der Waals surface area contributed by atoms with E-state index >= 15 is 0 Å². The van der Waals surface area contributed by atoms with Crippen LogP contribution in [-0.2, 0) is 32.6 Å². The predicted molar refractivity (Wildman–Crippen MR) is 171 cm³/mol. The lowest BCUT2D eigenvalue weighted by atomic mass is 10.0. The van der Waals surface area contributed by atoms with E-state index in [4.69, 9.17) is 4.74 Å². The van der Waals surface area contributed by atoms with Crippen molar-refractivity contribution in [1.29, 1.82) is 0 Å². The highest BCUT2D eigenvalue weighted by molar-refractivity contribution is 9.10. The fraction of sp³-hybridized carbons (Fsp3) is 0.375. The van der Waals surface area contributed by atoms with Crippen LogP contribution in [-0.4, -0.2) is 57.1 Å². The van der Waals surface area contributed by atoms with Crippen LogP contribution in [0.4, 0.5) is 5.69 Å². The van der Waals surface area contributed by atoms with Gasteiger partial charge in [-0.05, 0) is 55.2 Å². The van der Waals surface area contributed by atoms with Crippen LogP contribution in [0.25, 0.3) is 0 Å². The molecule has 3 aromatic rings. The molecule has 2 amide bonds. The summed E-state index contributed by atoms with van der Waals surface area (Å²) >= 11 is 3.46. The maximum Gasteiger partial charge on any atom is 0.243 e. The van der Waals surface area contributed by atoms with Gasteiger partial charge in [0.1, 0.15) is 11.8 Å². The number of para-hydroxylation sites is 2. The normalized spacial score (nSPS) is 11.9. The lowest BCUT2D eigenvalue weighted by Gasteiger charge is -2.32. The topological polar surface area (TPSA) is 96.0 Å². The molecule has 1 N–H and O–H groups in total. The minimum atomic E-state index is -3.65. The van der Waals surface area contributed by atoms with Crippen LogP contribution >= 0.6 is 15.9 Å². The maximum atomic E-state index is 13.9. The van der Waals surface area contributed by atoms with Crippen LogP contribution in [0, 0.1) is 0 Å². The zero-order valence-electron chi connectivity index (χ0n) is 24.5. The molecule has 0 radical (unpaired) electrons. The summed E-state index contributed by atoms with van der Waals surface area (Å²) in [5.41, 5.74) is 2.26. The van der Waals surface area contributed by atoms with E-state index in [2.05, 4.69) is 21.2 Å². The van der Waals surface area contributed by atoms with E-state index in [1.807, 2.05) is 68.4 Å². The van der Waals surface area contributed by atoms with Gasteiger partial charge in [0.05, 0.1) is 18.6 Å². The number of anilines is 1. The van der Waals surface area contributed by atoms with E-state index in [1.54, 1.807) is 29.2 Å². The van der Waals surface area contributed by atoms with Crippen molar-refractivity contribution in [2.75, 3.05) is 30.3 Å². The molecule has 1 atom stereocenters. The van der Waals surface area contributed by atoms with Crippen molar-refractivity contribution in [3.8, 4) is 5.75 Å². The Morgan fingerprint density at radius 1 is 0.929 bits per heavy atom. The van der Waals surface area contributed by atoms with E-state index in [0.717, 1.165) is 28.3 Å². The Bertz CT molecular complexity index is 1400. The van der Waals surface area contributed by atoms with E-state index < -0.39 is 16.1 Å². The van der Waals surface area contributed by atoms with Crippen molar-refractivity contribution in [2.45, 2.75) is 52.1 Å². The fourth-order valence-electron chi connectivity index (χ4n) is 4.63. The van der Waals surface area contributed by atoms with Crippen molar-refractivity contribution in [2.24, 2.45) is 0 Å². The third kappa shape index (κ3) is 9.87.